The van der Waals surface area contributed by atoms with Crippen molar-refractivity contribution < 1.29 is 28.2 Å². The molecule has 0 fully saturated rings. The Bertz CT molecular complexity index is 1180. The monoisotopic (exact) mass is 447 g/mol. The van der Waals surface area contributed by atoms with Gasteiger partial charge in [0.1, 0.15) is 16.5 Å². The second-order valence-electron chi connectivity index (χ2n) is 6.76. The SMILES string of the molecule is COC(=O)c1c(C)[nH]c(C(=O)COC(=O)c2c(C)nn(-c3ccc(F)cc3)c2Cl)c1C. The third-order valence-corrected chi connectivity index (χ3v) is 5.07. The van der Waals surface area contributed by atoms with Gasteiger partial charge in [-0.25, -0.2) is 18.7 Å². The molecular weight excluding hydrogens is 429 g/mol. The molecule has 0 amide bonds. The fourth-order valence-electron chi connectivity index (χ4n) is 3.20. The molecule has 0 atom stereocenters. The molecule has 0 unspecified atom stereocenters. The van der Waals surface area contributed by atoms with E-state index >= 15 is 0 Å². The predicted molar refractivity (Wildman–Crippen MR) is 109 cm³/mol. The van der Waals surface area contributed by atoms with Gasteiger partial charge in [0.15, 0.2) is 6.61 Å². The molecule has 2 heterocycles. The second-order valence-corrected chi connectivity index (χ2v) is 7.11. The number of rotatable bonds is 6. The van der Waals surface area contributed by atoms with Crippen LogP contribution < -0.4 is 0 Å². The van der Waals surface area contributed by atoms with Crippen LogP contribution in [0.15, 0.2) is 24.3 Å². The van der Waals surface area contributed by atoms with Crippen LogP contribution in [0.4, 0.5) is 4.39 Å². The molecule has 0 radical (unpaired) electrons. The zero-order valence-corrected chi connectivity index (χ0v) is 18.0. The van der Waals surface area contributed by atoms with Gasteiger partial charge in [-0.15, -0.1) is 0 Å². The third-order valence-electron chi connectivity index (χ3n) is 4.72. The lowest BCUT2D eigenvalue weighted by Gasteiger charge is -2.05. The van der Waals surface area contributed by atoms with Crippen molar-refractivity contribution in [3.8, 4) is 5.69 Å². The summed E-state index contributed by atoms with van der Waals surface area (Å²) in [5.41, 5.74) is 2.02. The van der Waals surface area contributed by atoms with Crippen LogP contribution in [0.3, 0.4) is 0 Å². The number of H-pyrrole nitrogens is 1. The third kappa shape index (κ3) is 4.22. The van der Waals surface area contributed by atoms with Crippen LogP contribution in [0, 0.1) is 26.6 Å². The lowest BCUT2D eigenvalue weighted by molar-refractivity contribution is 0.0472. The number of aromatic nitrogens is 3. The van der Waals surface area contributed by atoms with E-state index in [2.05, 4.69) is 10.1 Å². The number of hydrogen-bond donors (Lipinski definition) is 1. The summed E-state index contributed by atoms with van der Waals surface area (Å²) in [5.74, 6) is -2.35. The van der Waals surface area contributed by atoms with E-state index in [1.165, 1.54) is 36.1 Å². The molecule has 0 spiro atoms. The average Bonchev–Trinajstić information content (AvgIpc) is 3.20. The van der Waals surface area contributed by atoms with E-state index in [-0.39, 0.29) is 27.7 Å². The summed E-state index contributed by atoms with van der Waals surface area (Å²) in [4.78, 5) is 39.8. The molecule has 0 aliphatic heterocycles. The zero-order valence-electron chi connectivity index (χ0n) is 17.2. The smallest absolute Gasteiger partial charge is 0.343 e. The maximum Gasteiger partial charge on any atom is 0.343 e. The van der Waals surface area contributed by atoms with Crippen LogP contribution in [0.25, 0.3) is 5.69 Å². The van der Waals surface area contributed by atoms with Crippen LogP contribution in [0.5, 0.6) is 0 Å². The first-order chi connectivity index (χ1) is 14.6. The minimum atomic E-state index is -0.835. The number of ether oxygens (including phenoxy) is 2. The highest BCUT2D eigenvalue weighted by Crippen LogP contribution is 2.25. The molecule has 3 rings (SSSR count). The Balaban J connectivity index is 1.78. The second kappa shape index (κ2) is 8.73. The van der Waals surface area contributed by atoms with Gasteiger partial charge in [-0.1, -0.05) is 11.6 Å². The largest absolute Gasteiger partial charge is 0.465 e. The predicted octanol–water partition coefficient (Wildman–Crippen LogP) is 3.74. The van der Waals surface area contributed by atoms with Crippen LogP contribution in [0.1, 0.15) is 48.2 Å². The molecular formula is C21H19ClFN3O5. The number of nitrogens with zero attached hydrogens (tertiary/aromatic N) is 2. The summed E-state index contributed by atoms with van der Waals surface area (Å²) in [5, 5.41) is 4.17. The molecule has 0 aliphatic rings. The zero-order chi connectivity index (χ0) is 22.9. The van der Waals surface area contributed by atoms with Crippen molar-refractivity contribution in [2.24, 2.45) is 0 Å². The number of carbonyl (C=O) groups excluding carboxylic acids is 3. The molecule has 162 valence electrons. The van der Waals surface area contributed by atoms with Crippen molar-refractivity contribution >= 4 is 29.3 Å². The molecule has 2 aromatic heterocycles. The number of methoxy groups -OCH3 is 1. The number of benzene rings is 1. The summed E-state index contributed by atoms with van der Waals surface area (Å²) in [7, 11) is 1.25. The Kier molecular flexibility index (Phi) is 6.26. The van der Waals surface area contributed by atoms with E-state index in [0.29, 0.717) is 16.9 Å². The molecule has 1 N–H and O–H groups in total. The molecule has 3 aromatic rings. The van der Waals surface area contributed by atoms with E-state index < -0.39 is 30.1 Å². The average molecular weight is 448 g/mol. The molecule has 10 heteroatoms. The van der Waals surface area contributed by atoms with Crippen molar-refractivity contribution in [3.63, 3.8) is 0 Å². The van der Waals surface area contributed by atoms with Crippen molar-refractivity contribution in [2.45, 2.75) is 20.8 Å². The number of esters is 2. The van der Waals surface area contributed by atoms with Crippen LogP contribution >= 0.6 is 11.6 Å². The van der Waals surface area contributed by atoms with Crippen LogP contribution in [-0.4, -0.2) is 46.2 Å². The number of ketones is 1. The molecule has 1 aromatic carbocycles. The Morgan fingerprint density at radius 3 is 2.35 bits per heavy atom. The summed E-state index contributed by atoms with van der Waals surface area (Å²) >= 11 is 6.29. The van der Waals surface area contributed by atoms with Gasteiger partial charge >= 0.3 is 11.9 Å². The first-order valence-electron chi connectivity index (χ1n) is 9.14. The summed E-state index contributed by atoms with van der Waals surface area (Å²) in [6, 6.07) is 5.40. The summed E-state index contributed by atoms with van der Waals surface area (Å²) < 4.78 is 24.3. The molecule has 0 aliphatic carbocycles. The van der Waals surface area contributed by atoms with Gasteiger partial charge in [0.25, 0.3) is 0 Å². The summed E-state index contributed by atoms with van der Waals surface area (Å²) in [6.07, 6.45) is 0. The highest BCUT2D eigenvalue weighted by atomic mass is 35.5. The van der Waals surface area contributed by atoms with Gasteiger partial charge in [0.2, 0.25) is 5.78 Å². The lowest BCUT2D eigenvalue weighted by atomic mass is 10.1. The van der Waals surface area contributed by atoms with Gasteiger partial charge in [0.05, 0.1) is 29.7 Å². The number of Topliss-reactive ketones (excluding diaryl/α,β-unsaturated/α-hetero) is 1. The van der Waals surface area contributed by atoms with E-state index in [0.717, 1.165) is 0 Å². The highest BCUT2D eigenvalue weighted by molar-refractivity contribution is 6.33. The Labute approximate surface area is 181 Å². The van der Waals surface area contributed by atoms with Crippen LogP contribution in [0.2, 0.25) is 5.15 Å². The van der Waals surface area contributed by atoms with E-state index in [1.807, 2.05) is 0 Å². The van der Waals surface area contributed by atoms with Crippen molar-refractivity contribution in [1.82, 2.24) is 14.8 Å². The van der Waals surface area contributed by atoms with Gasteiger partial charge in [-0.2, -0.15) is 5.10 Å². The van der Waals surface area contributed by atoms with E-state index in [4.69, 9.17) is 21.1 Å². The van der Waals surface area contributed by atoms with Gasteiger partial charge < -0.3 is 14.5 Å². The summed E-state index contributed by atoms with van der Waals surface area (Å²) in [6.45, 7) is 4.22. The quantitative estimate of drug-likeness (QED) is 0.456. The molecule has 0 saturated heterocycles. The molecule has 31 heavy (non-hydrogen) atoms. The van der Waals surface area contributed by atoms with Gasteiger partial charge in [0, 0.05) is 5.69 Å². The van der Waals surface area contributed by atoms with Gasteiger partial charge in [-0.3, -0.25) is 4.79 Å². The maximum absolute atomic E-state index is 13.2. The lowest BCUT2D eigenvalue weighted by Crippen LogP contribution is -2.16. The normalized spacial score (nSPS) is 10.8. The highest BCUT2D eigenvalue weighted by Gasteiger charge is 2.26. The standard InChI is InChI=1S/C21H19ClFN3O5/c1-10-16(20(28)30-4)11(2)24-18(10)15(27)9-31-21(29)17-12(3)25-26(19(17)22)14-7-5-13(23)6-8-14/h5-8,24H,9H2,1-4H3. The molecule has 0 saturated carbocycles. The number of aromatic amines is 1. The molecule has 0 bridgehead atoms. The topological polar surface area (TPSA) is 103 Å². The molecule has 8 nitrogen and oxygen atoms in total. The fraction of sp³-hybridized carbons (Fsp3) is 0.238. The van der Waals surface area contributed by atoms with Crippen molar-refractivity contribution in [3.05, 3.63) is 69.0 Å². The van der Waals surface area contributed by atoms with Crippen molar-refractivity contribution in [2.75, 3.05) is 13.7 Å². The van der Waals surface area contributed by atoms with E-state index in [1.54, 1.807) is 20.8 Å². The first kappa shape index (κ1) is 22.2. The minimum Gasteiger partial charge on any atom is -0.465 e. The number of hydrogen-bond acceptors (Lipinski definition) is 6. The minimum absolute atomic E-state index is 0.00608. The van der Waals surface area contributed by atoms with E-state index in [9.17, 15) is 18.8 Å². The Hall–Kier alpha value is -3.46. The number of halogens is 2. The maximum atomic E-state index is 13.2. The van der Waals surface area contributed by atoms with Crippen LogP contribution in [-0.2, 0) is 9.47 Å². The Morgan fingerprint density at radius 2 is 1.74 bits per heavy atom. The fourth-order valence-corrected chi connectivity index (χ4v) is 3.55. The first-order valence-corrected chi connectivity index (χ1v) is 9.52. The van der Waals surface area contributed by atoms with Crippen molar-refractivity contribution in [1.29, 1.82) is 0 Å². The number of nitrogens with one attached hydrogen (secondary N) is 1. The number of carbonyl (C=O) groups is 3. The number of aryl methyl sites for hydroxylation is 2. The van der Waals surface area contributed by atoms with Gasteiger partial charge in [-0.05, 0) is 50.6 Å². The Morgan fingerprint density at radius 1 is 1.10 bits per heavy atom.